The lowest BCUT2D eigenvalue weighted by Gasteiger charge is -2.01. The quantitative estimate of drug-likeness (QED) is 0.161. The number of nitrogens with zero attached hydrogens (tertiary/aromatic N) is 13. The molecule has 0 unspecified atom stereocenters. The van der Waals surface area contributed by atoms with Crippen molar-refractivity contribution in [1.29, 1.82) is 0 Å². The maximum atomic E-state index is 12.9. The van der Waals surface area contributed by atoms with Crippen molar-refractivity contribution in [1.82, 2.24) is 65.3 Å². The van der Waals surface area contributed by atoms with E-state index in [-0.39, 0.29) is 11.6 Å². The van der Waals surface area contributed by atoms with Gasteiger partial charge in [0.25, 0.3) is 0 Å². The summed E-state index contributed by atoms with van der Waals surface area (Å²) in [7, 11) is 0. The highest BCUT2D eigenvalue weighted by molar-refractivity contribution is 6.31. The Morgan fingerprint density at radius 2 is 0.873 bits per heavy atom. The third-order valence-corrected chi connectivity index (χ3v) is 9.07. The van der Waals surface area contributed by atoms with Gasteiger partial charge < -0.3 is 9.05 Å². The van der Waals surface area contributed by atoms with E-state index in [9.17, 15) is 8.78 Å². The van der Waals surface area contributed by atoms with Crippen LogP contribution < -0.4 is 0 Å². The fourth-order valence-electron chi connectivity index (χ4n) is 5.47. The molecule has 10 rings (SSSR count). The van der Waals surface area contributed by atoms with Crippen molar-refractivity contribution >= 4 is 11.6 Å². The van der Waals surface area contributed by atoms with Crippen LogP contribution >= 0.6 is 11.6 Å². The largest absolute Gasteiger partial charge is 0.342 e. The molecule has 5 aromatic carbocycles. The lowest BCUT2D eigenvalue weighted by molar-refractivity contribution is 0.418. The number of aromatic nitrogens is 13. The molecular formula is C45H40ClF2N13O2. The van der Waals surface area contributed by atoms with Gasteiger partial charge in [0.2, 0.25) is 24.4 Å². The van der Waals surface area contributed by atoms with Crippen LogP contribution in [0.1, 0.15) is 27.8 Å². The van der Waals surface area contributed by atoms with E-state index >= 15 is 0 Å². The van der Waals surface area contributed by atoms with Gasteiger partial charge >= 0.3 is 0 Å². The molecule has 0 saturated carbocycles. The molecular weight excluding hydrogens is 828 g/mol. The molecule has 10 aromatic rings. The van der Waals surface area contributed by atoms with Crippen molar-refractivity contribution in [3.8, 4) is 39.8 Å². The van der Waals surface area contributed by atoms with Gasteiger partial charge in [-0.1, -0.05) is 57.8 Å². The molecule has 0 aliphatic rings. The Morgan fingerprint density at radius 1 is 0.444 bits per heavy atom. The van der Waals surface area contributed by atoms with Crippen molar-refractivity contribution < 1.29 is 17.8 Å². The topological polar surface area (TPSA) is 170 Å². The third-order valence-electron chi connectivity index (χ3n) is 8.65. The molecule has 63 heavy (non-hydrogen) atoms. The minimum atomic E-state index is -0.229. The zero-order chi connectivity index (χ0) is 44.6. The monoisotopic (exact) mass is 867 g/mol. The highest BCUT2D eigenvalue weighted by atomic mass is 35.5. The van der Waals surface area contributed by atoms with E-state index in [0.717, 1.165) is 38.8 Å². The molecule has 0 saturated heterocycles. The van der Waals surface area contributed by atoms with Gasteiger partial charge in [0.1, 0.15) is 11.6 Å². The summed E-state index contributed by atoms with van der Waals surface area (Å²) in [6.07, 6.45) is 12.4. The van der Waals surface area contributed by atoms with E-state index in [1.807, 2.05) is 87.5 Å². The number of hydrogen-bond donors (Lipinski definition) is 0. The van der Waals surface area contributed by atoms with Crippen LogP contribution in [0.5, 0.6) is 0 Å². The van der Waals surface area contributed by atoms with E-state index in [4.69, 9.17) is 11.6 Å². The maximum absolute atomic E-state index is 12.9. The van der Waals surface area contributed by atoms with Crippen molar-refractivity contribution in [2.75, 3.05) is 0 Å². The van der Waals surface area contributed by atoms with Crippen LogP contribution in [0.25, 0.3) is 39.8 Å². The van der Waals surface area contributed by atoms with E-state index < -0.39 is 0 Å². The highest BCUT2D eigenvalue weighted by Gasteiger charge is 2.06. The summed E-state index contributed by atoms with van der Waals surface area (Å²) in [4.78, 5) is 12.4. The van der Waals surface area contributed by atoms with Gasteiger partial charge in [-0.3, -0.25) is 0 Å². The smallest absolute Gasteiger partial charge is 0.214 e. The van der Waals surface area contributed by atoms with Gasteiger partial charge in [-0.2, -0.15) is 54.9 Å². The van der Waals surface area contributed by atoms with Gasteiger partial charge in [-0.25, -0.2) is 8.78 Å². The van der Waals surface area contributed by atoms with Crippen molar-refractivity contribution in [3.63, 3.8) is 0 Å². The molecule has 0 aliphatic carbocycles. The third kappa shape index (κ3) is 13.0. The maximum Gasteiger partial charge on any atom is 0.214 e. The number of benzene rings is 5. The predicted molar refractivity (Wildman–Crippen MR) is 232 cm³/mol. The van der Waals surface area contributed by atoms with Crippen LogP contribution in [-0.4, -0.2) is 65.3 Å². The Morgan fingerprint density at radius 3 is 1.32 bits per heavy atom. The molecule has 5 aromatic heterocycles. The Balaban J connectivity index is 0.000000131. The Hall–Kier alpha value is -8.05. The summed E-state index contributed by atoms with van der Waals surface area (Å²) in [6.45, 7) is 9.44. The van der Waals surface area contributed by atoms with Crippen molar-refractivity contribution in [3.05, 3.63) is 198 Å². The normalized spacial score (nSPS) is 10.2. The van der Waals surface area contributed by atoms with Gasteiger partial charge in [0, 0.05) is 16.1 Å². The first-order valence-corrected chi connectivity index (χ1v) is 19.5. The predicted octanol–water partition coefficient (Wildman–Crippen LogP) is 9.75. The van der Waals surface area contributed by atoms with Crippen LogP contribution in [0.4, 0.5) is 8.78 Å². The van der Waals surface area contributed by atoms with E-state index in [1.54, 1.807) is 84.9 Å². The minimum Gasteiger partial charge on any atom is -0.342 e. The van der Waals surface area contributed by atoms with Crippen molar-refractivity contribution in [2.24, 2.45) is 0 Å². The molecule has 5 heterocycles. The molecule has 0 spiro atoms. The Labute approximate surface area is 365 Å². The lowest BCUT2D eigenvalue weighted by Crippen LogP contribution is -1.99. The summed E-state index contributed by atoms with van der Waals surface area (Å²) in [5, 5.41) is 32.1. The lowest BCUT2D eigenvalue weighted by atomic mass is 10.1. The number of halogens is 3. The van der Waals surface area contributed by atoms with E-state index in [0.29, 0.717) is 22.8 Å². The van der Waals surface area contributed by atoms with Crippen molar-refractivity contribution in [2.45, 2.75) is 34.6 Å². The molecule has 0 aliphatic heterocycles. The SMILES string of the molecule is Cc1cc(-c2ncon2)ccc1F.Cc1cc(-n2nccn2)ccc1Cl.Cc1cc(-n2nccn2)ccc1F.Cc1cccc(-c2ncon2)c1.Cc1cccc(-n2nccn2)c1. The molecule has 0 fully saturated rings. The van der Waals surface area contributed by atoms with Crippen LogP contribution in [0, 0.1) is 46.3 Å². The fourth-order valence-corrected chi connectivity index (χ4v) is 5.59. The number of hydrogen-bond acceptors (Lipinski definition) is 12. The van der Waals surface area contributed by atoms with Gasteiger partial charge in [0.05, 0.1) is 54.2 Å². The molecule has 18 heteroatoms. The average Bonchev–Trinajstić information content (AvgIpc) is 4.15. The molecule has 0 amide bonds. The summed E-state index contributed by atoms with van der Waals surface area (Å²) in [6, 6.07) is 31.2. The Bertz CT molecular complexity index is 2620. The molecule has 0 radical (unpaired) electrons. The van der Waals surface area contributed by atoms with Gasteiger partial charge in [-0.15, -0.1) is 0 Å². The van der Waals surface area contributed by atoms with Crippen LogP contribution in [0.3, 0.4) is 0 Å². The molecule has 0 bridgehead atoms. The second kappa shape index (κ2) is 22.0. The first-order chi connectivity index (χ1) is 30.5. The van der Waals surface area contributed by atoms with E-state index in [1.165, 1.54) is 40.8 Å². The number of aryl methyl sites for hydroxylation is 5. The molecule has 0 atom stereocenters. The summed E-state index contributed by atoms with van der Waals surface area (Å²) in [5.41, 5.74) is 9.03. The van der Waals surface area contributed by atoms with Crippen LogP contribution in [0.2, 0.25) is 5.02 Å². The summed E-state index contributed by atoms with van der Waals surface area (Å²) < 4.78 is 35.0. The number of rotatable bonds is 5. The fraction of sp³-hybridized carbons (Fsp3) is 0.111. The molecule has 318 valence electrons. The van der Waals surface area contributed by atoms with Gasteiger partial charge in [-0.05, 0) is 130 Å². The second-order valence-electron chi connectivity index (χ2n) is 13.5. The first kappa shape index (κ1) is 44.5. The first-order valence-electron chi connectivity index (χ1n) is 19.1. The average molecular weight is 868 g/mol. The highest BCUT2D eigenvalue weighted by Crippen LogP contribution is 2.19. The van der Waals surface area contributed by atoms with Gasteiger partial charge in [0.15, 0.2) is 0 Å². The zero-order valence-corrected chi connectivity index (χ0v) is 35.5. The van der Waals surface area contributed by atoms with Crippen LogP contribution in [-0.2, 0) is 0 Å². The van der Waals surface area contributed by atoms with Crippen LogP contribution in [0.15, 0.2) is 162 Å². The second-order valence-corrected chi connectivity index (χ2v) is 13.9. The Kier molecular flexibility index (Phi) is 15.5. The summed E-state index contributed by atoms with van der Waals surface area (Å²) >= 11 is 5.89. The standard InChI is InChI=1S/C9H8ClN3.C9H8FN3.C9H7FN2O.C9H9N3.C9H8N2O/c2*1-7-6-8(2-3-9(7)10)13-11-4-5-12-13;1-6-4-7(2-3-8(6)10)9-11-5-13-12-9;1-8-3-2-4-9(7-8)12-10-5-6-11-12;1-7-3-2-4-8(5-7)9-10-6-12-11-9/h2*2-6H,1H3;2-5H,1H3;2-7H,1H3;2-6H,1H3. The minimum absolute atomic E-state index is 0.212. The molecule has 15 nitrogen and oxygen atoms in total. The summed E-state index contributed by atoms with van der Waals surface area (Å²) in [5.74, 6) is 0.671. The zero-order valence-electron chi connectivity index (χ0n) is 34.7. The van der Waals surface area contributed by atoms with E-state index in [2.05, 4.69) is 59.9 Å². The molecule has 0 N–H and O–H groups in total.